The molecular formula is C20H21N3O4. The molecule has 7 heteroatoms. The number of nitrogens with one attached hydrogen (secondary N) is 1. The molecule has 0 saturated carbocycles. The smallest absolute Gasteiger partial charge is 0.410 e. The van der Waals surface area contributed by atoms with Crippen molar-refractivity contribution in [2.24, 2.45) is 0 Å². The van der Waals surface area contributed by atoms with Crippen molar-refractivity contribution in [1.82, 2.24) is 15.1 Å². The summed E-state index contributed by atoms with van der Waals surface area (Å²) in [6.07, 6.45) is -0.189. The summed E-state index contributed by atoms with van der Waals surface area (Å²) in [5.74, 6) is -0.243. The zero-order valence-electron chi connectivity index (χ0n) is 14.9. The lowest BCUT2D eigenvalue weighted by Gasteiger charge is -2.19. The van der Waals surface area contributed by atoms with E-state index >= 15 is 0 Å². The highest BCUT2D eigenvalue weighted by Crippen LogP contribution is 2.22. The summed E-state index contributed by atoms with van der Waals surface area (Å²) < 4.78 is 4.82. The zero-order valence-corrected chi connectivity index (χ0v) is 14.9. The molecule has 2 aromatic carbocycles. The molecule has 0 unspecified atom stereocenters. The third kappa shape index (κ3) is 3.72. The maximum absolute atomic E-state index is 12.4. The summed E-state index contributed by atoms with van der Waals surface area (Å²) in [6.45, 7) is 1.69. The van der Waals surface area contributed by atoms with E-state index in [0.717, 1.165) is 16.3 Å². The molecule has 4 rings (SSSR count). The van der Waals surface area contributed by atoms with Crippen molar-refractivity contribution in [3.8, 4) is 0 Å². The van der Waals surface area contributed by atoms with Gasteiger partial charge in [-0.25, -0.2) is 4.79 Å². The van der Waals surface area contributed by atoms with E-state index in [-0.39, 0.29) is 30.8 Å². The van der Waals surface area contributed by atoms with Gasteiger partial charge in [0.25, 0.3) is 0 Å². The van der Waals surface area contributed by atoms with Gasteiger partial charge in [0.1, 0.15) is 13.2 Å². The second-order valence-corrected chi connectivity index (χ2v) is 6.92. The molecule has 2 fully saturated rings. The molecule has 2 aliphatic heterocycles. The van der Waals surface area contributed by atoms with Gasteiger partial charge in [-0.15, -0.1) is 0 Å². The number of rotatable bonds is 5. The van der Waals surface area contributed by atoms with Gasteiger partial charge in [0.15, 0.2) is 0 Å². The van der Waals surface area contributed by atoms with Gasteiger partial charge in [0, 0.05) is 19.5 Å². The van der Waals surface area contributed by atoms with E-state index in [1.807, 2.05) is 24.3 Å². The Morgan fingerprint density at radius 2 is 1.93 bits per heavy atom. The van der Waals surface area contributed by atoms with Crippen molar-refractivity contribution < 1.29 is 19.1 Å². The van der Waals surface area contributed by atoms with Crippen LogP contribution in [0.25, 0.3) is 10.8 Å². The normalized spacial score (nSPS) is 19.6. The van der Waals surface area contributed by atoms with Gasteiger partial charge in [-0.3, -0.25) is 14.5 Å². The minimum atomic E-state index is -0.467. The first-order chi connectivity index (χ1) is 13.1. The molecule has 140 valence electrons. The Bertz CT molecular complexity index is 892. The number of benzene rings is 2. The lowest BCUT2D eigenvalue weighted by Crippen LogP contribution is -2.43. The number of likely N-dealkylation sites (tertiary alicyclic amines) is 1. The van der Waals surface area contributed by atoms with E-state index in [1.54, 1.807) is 4.90 Å². The predicted octanol–water partition coefficient (Wildman–Crippen LogP) is 1.51. The van der Waals surface area contributed by atoms with E-state index in [9.17, 15) is 14.4 Å². The number of ether oxygens (including phenoxy) is 1. The van der Waals surface area contributed by atoms with Crippen LogP contribution in [0.1, 0.15) is 12.0 Å². The minimum absolute atomic E-state index is 0.0221. The average molecular weight is 367 g/mol. The van der Waals surface area contributed by atoms with Gasteiger partial charge in [-0.1, -0.05) is 42.5 Å². The molecule has 0 spiro atoms. The summed E-state index contributed by atoms with van der Waals surface area (Å²) in [6, 6.07) is 13.9. The SMILES string of the molecule is O=C(CN1CCOC1=O)N[C@H]1CC(=O)N(Cc2cccc3ccccc23)C1. The van der Waals surface area contributed by atoms with E-state index in [4.69, 9.17) is 4.74 Å². The topological polar surface area (TPSA) is 79.0 Å². The number of fused-ring (bicyclic) bond motifs is 1. The molecular weight excluding hydrogens is 346 g/mol. The molecule has 0 aromatic heterocycles. The summed E-state index contributed by atoms with van der Waals surface area (Å²) >= 11 is 0. The van der Waals surface area contributed by atoms with E-state index in [2.05, 4.69) is 23.5 Å². The van der Waals surface area contributed by atoms with Gasteiger partial charge < -0.3 is 15.0 Å². The molecule has 0 aliphatic carbocycles. The molecule has 0 radical (unpaired) electrons. The second-order valence-electron chi connectivity index (χ2n) is 6.92. The Balaban J connectivity index is 1.37. The lowest BCUT2D eigenvalue weighted by atomic mass is 10.0. The first-order valence-electron chi connectivity index (χ1n) is 9.05. The van der Waals surface area contributed by atoms with Crippen LogP contribution in [0.2, 0.25) is 0 Å². The quantitative estimate of drug-likeness (QED) is 0.869. The fourth-order valence-corrected chi connectivity index (χ4v) is 3.67. The molecule has 2 heterocycles. The van der Waals surface area contributed by atoms with Crippen molar-refractivity contribution in [3.05, 3.63) is 48.0 Å². The van der Waals surface area contributed by atoms with Crippen LogP contribution in [-0.4, -0.2) is 60.0 Å². The fourth-order valence-electron chi connectivity index (χ4n) is 3.67. The average Bonchev–Trinajstić information content (AvgIpc) is 3.20. The predicted molar refractivity (Wildman–Crippen MR) is 98.8 cm³/mol. The molecule has 1 N–H and O–H groups in total. The number of hydrogen-bond donors (Lipinski definition) is 1. The number of amides is 3. The molecule has 7 nitrogen and oxygen atoms in total. The van der Waals surface area contributed by atoms with E-state index in [0.29, 0.717) is 26.2 Å². The van der Waals surface area contributed by atoms with Crippen molar-refractivity contribution >= 4 is 28.7 Å². The third-order valence-electron chi connectivity index (χ3n) is 5.00. The van der Waals surface area contributed by atoms with Crippen LogP contribution in [0.3, 0.4) is 0 Å². The number of cyclic esters (lactones) is 1. The summed E-state index contributed by atoms with van der Waals surface area (Å²) in [5, 5.41) is 5.13. The standard InChI is InChI=1S/C20H21N3O4/c24-18(13-22-8-9-27-20(22)26)21-16-10-19(25)23(12-16)11-15-6-3-5-14-4-1-2-7-17(14)15/h1-7,16H,8-13H2,(H,21,24)/t16-/m0/s1. The number of carbonyl (C=O) groups is 3. The largest absolute Gasteiger partial charge is 0.448 e. The highest BCUT2D eigenvalue weighted by molar-refractivity contribution is 5.87. The second kappa shape index (κ2) is 7.26. The van der Waals surface area contributed by atoms with Crippen LogP contribution >= 0.6 is 0 Å². The first-order valence-corrected chi connectivity index (χ1v) is 9.05. The first kappa shape index (κ1) is 17.3. The van der Waals surface area contributed by atoms with Crippen LogP contribution < -0.4 is 5.32 Å². The molecule has 27 heavy (non-hydrogen) atoms. The molecule has 2 saturated heterocycles. The summed E-state index contributed by atoms with van der Waals surface area (Å²) in [4.78, 5) is 39.1. The molecule has 0 bridgehead atoms. The minimum Gasteiger partial charge on any atom is -0.448 e. The highest BCUT2D eigenvalue weighted by atomic mass is 16.6. The van der Waals surface area contributed by atoms with Crippen LogP contribution in [0, 0.1) is 0 Å². The maximum atomic E-state index is 12.4. The highest BCUT2D eigenvalue weighted by Gasteiger charge is 2.32. The molecule has 3 amide bonds. The van der Waals surface area contributed by atoms with Crippen LogP contribution in [0.5, 0.6) is 0 Å². The molecule has 1 atom stereocenters. The van der Waals surface area contributed by atoms with Gasteiger partial charge in [-0.2, -0.15) is 0 Å². The Labute approximate surface area is 156 Å². The Morgan fingerprint density at radius 3 is 2.74 bits per heavy atom. The fraction of sp³-hybridized carbons (Fsp3) is 0.350. The van der Waals surface area contributed by atoms with Gasteiger partial charge in [0.05, 0.1) is 12.6 Å². The van der Waals surface area contributed by atoms with Gasteiger partial charge in [0.2, 0.25) is 11.8 Å². The van der Waals surface area contributed by atoms with E-state index < -0.39 is 6.09 Å². The number of hydrogen-bond acceptors (Lipinski definition) is 4. The van der Waals surface area contributed by atoms with Gasteiger partial charge >= 0.3 is 6.09 Å². The zero-order chi connectivity index (χ0) is 18.8. The van der Waals surface area contributed by atoms with Crippen LogP contribution in [0.15, 0.2) is 42.5 Å². The Hall–Kier alpha value is -3.09. The van der Waals surface area contributed by atoms with Crippen molar-refractivity contribution in [3.63, 3.8) is 0 Å². The Morgan fingerprint density at radius 1 is 1.11 bits per heavy atom. The van der Waals surface area contributed by atoms with Crippen LogP contribution in [-0.2, 0) is 20.9 Å². The monoisotopic (exact) mass is 367 g/mol. The van der Waals surface area contributed by atoms with Gasteiger partial charge in [-0.05, 0) is 16.3 Å². The summed E-state index contributed by atoms with van der Waals surface area (Å²) in [7, 11) is 0. The molecule has 2 aliphatic rings. The number of carbonyl (C=O) groups excluding carboxylic acids is 3. The Kier molecular flexibility index (Phi) is 4.66. The lowest BCUT2D eigenvalue weighted by molar-refractivity contribution is -0.128. The number of nitrogens with zero attached hydrogens (tertiary/aromatic N) is 2. The van der Waals surface area contributed by atoms with Crippen molar-refractivity contribution in [1.29, 1.82) is 0 Å². The summed E-state index contributed by atoms with van der Waals surface area (Å²) in [5.41, 5.74) is 1.09. The third-order valence-corrected chi connectivity index (χ3v) is 5.00. The van der Waals surface area contributed by atoms with Crippen molar-refractivity contribution in [2.45, 2.75) is 19.0 Å². The van der Waals surface area contributed by atoms with Crippen LogP contribution in [0.4, 0.5) is 4.79 Å². The maximum Gasteiger partial charge on any atom is 0.410 e. The molecule has 2 aromatic rings. The van der Waals surface area contributed by atoms with E-state index in [1.165, 1.54) is 4.90 Å². The van der Waals surface area contributed by atoms with Crippen molar-refractivity contribution in [2.75, 3.05) is 26.2 Å².